The summed E-state index contributed by atoms with van der Waals surface area (Å²) in [5, 5.41) is 0. The zero-order chi connectivity index (χ0) is 8.39. The molecule has 1 aromatic rings. The lowest BCUT2D eigenvalue weighted by molar-refractivity contribution is 0.348. The number of nitrogens with zero attached hydrogens (tertiary/aromatic N) is 1. The number of aromatic amines is 1. The van der Waals surface area contributed by atoms with Crippen LogP contribution in [0.25, 0.3) is 0 Å². The molecule has 0 aromatic carbocycles. The summed E-state index contributed by atoms with van der Waals surface area (Å²) in [7, 11) is 0. The van der Waals surface area contributed by atoms with E-state index in [9.17, 15) is 4.79 Å². The highest BCUT2D eigenvalue weighted by Gasteiger charge is 2.08. The topological polar surface area (TPSA) is 54.4 Å². The first-order valence-corrected chi connectivity index (χ1v) is 3.72. The fourth-order valence-electron chi connectivity index (χ4n) is 1.05. The highest BCUT2D eigenvalue weighted by Crippen LogP contribution is 2.03. The van der Waals surface area contributed by atoms with Crippen LogP contribution >= 0.6 is 0 Å². The predicted molar refractivity (Wildman–Crippen MR) is 44.4 cm³/mol. The summed E-state index contributed by atoms with van der Waals surface area (Å²) in [6.07, 6.45) is 1.60. The molecule has 0 aliphatic carbocycles. The van der Waals surface area contributed by atoms with E-state index >= 15 is 0 Å². The monoisotopic (exact) mass is 164 g/mol. The Morgan fingerprint density at radius 1 is 1.50 bits per heavy atom. The Morgan fingerprint density at radius 2 is 2.42 bits per heavy atom. The number of hydrogen-bond acceptors (Lipinski definition) is 3. The first-order chi connectivity index (χ1) is 5.86. The lowest BCUT2D eigenvalue weighted by Crippen LogP contribution is -2.07. The van der Waals surface area contributed by atoms with Gasteiger partial charge in [-0.15, -0.1) is 0 Å². The molecule has 0 amide bonds. The lowest BCUT2D eigenvalue weighted by Gasteiger charge is -1.98. The fraction of sp³-hybridized carbons (Fsp3) is 0.250. The molecule has 4 heteroatoms. The van der Waals surface area contributed by atoms with Crippen molar-refractivity contribution in [3.05, 3.63) is 34.2 Å². The number of rotatable bonds is 1. The summed E-state index contributed by atoms with van der Waals surface area (Å²) in [4.78, 5) is 17.4. The quantitative estimate of drug-likeness (QED) is 0.642. The van der Waals surface area contributed by atoms with E-state index in [1.807, 2.05) is 0 Å². The highest BCUT2D eigenvalue weighted by molar-refractivity contribution is 5.94. The summed E-state index contributed by atoms with van der Waals surface area (Å²) in [5.41, 5.74) is 0.712. The molecule has 0 bridgehead atoms. The highest BCUT2D eigenvalue weighted by atomic mass is 16.5. The van der Waals surface area contributed by atoms with Gasteiger partial charge in [0.1, 0.15) is 6.61 Å². The third-order valence-corrected chi connectivity index (χ3v) is 1.62. The van der Waals surface area contributed by atoms with Gasteiger partial charge in [0.25, 0.3) is 0 Å². The minimum absolute atomic E-state index is 0.114. The predicted octanol–water partition coefficient (Wildman–Crippen LogP) is 0.152. The van der Waals surface area contributed by atoms with Gasteiger partial charge in [-0.25, -0.2) is 4.99 Å². The van der Waals surface area contributed by atoms with E-state index in [0.29, 0.717) is 19.0 Å². The minimum Gasteiger partial charge on any atom is -0.475 e. The first-order valence-electron chi connectivity index (χ1n) is 3.72. The van der Waals surface area contributed by atoms with Crippen molar-refractivity contribution in [1.82, 2.24) is 4.98 Å². The fourth-order valence-corrected chi connectivity index (χ4v) is 1.05. The Morgan fingerprint density at radius 3 is 3.00 bits per heavy atom. The number of aliphatic imine (C=N–C) groups is 1. The largest absolute Gasteiger partial charge is 0.475 e. The summed E-state index contributed by atoms with van der Waals surface area (Å²) >= 11 is 0. The van der Waals surface area contributed by atoms with Gasteiger partial charge in [-0.05, 0) is 6.07 Å². The molecular weight excluding hydrogens is 156 g/mol. The van der Waals surface area contributed by atoms with E-state index in [0.717, 1.165) is 5.56 Å². The van der Waals surface area contributed by atoms with Crippen molar-refractivity contribution in [2.75, 3.05) is 13.2 Å². The van der Waals surface area contributed by atoms with Crippen molar-refractivity contribution in [3.63, 3.8) is 0 Å². The Hall–Kier alpha value is -1.58. The van der Waals surface area contributed by atoms with Crippen molar-refractivity contribution in [3.8, 4) is 0 Å². The van der Waals surface area contributed by atoms with Crippen LogP contribution in [0.4, 0.5) is 0 Å². The second-order valence-corrected chi connectivity index (χ2v) is 2.48. The van der Waals surface area contributed by atoms with Crippen LogP contribution in [0, 0.1) is 0 Å². The summed E-state index contributed by atoms with van der Waals surface area (Å²) < 4.78 is 5.21. The second-order valence-electron chi connectivity index (χ2n) is 2.48. The number of pyridine rings is 1. The number of hydrogen-bond donors (Lipinski definition) is 1. The van der Waals surface area contributed by atoms with Crippen LogP contribution < -0.4 is 5.56 Å². The molecule has 2 heterocycles. The molecule has 1 N–H and O–H groups in total. The molecule has 2 rings (SSSR count). The van der Waals surface area contributed by atoms with Crippen LogP contribution in [0.3, 0.4) is 0 Å². The molecule has 62 valence electrons. The van der Waals surface area contributed by atoms with Crippen LogP contribution in [0.1, 0.15) is 5.56 Å². The molecule has 4 nitrogen and oxygen atoms in total. The van der Waals surface area contributed by atoms with Crippen molar-refractivity contribution >= 4 is 5.90 Å². The summed E-state index contributed by atoms with van der Waals surface area (Å²) in [5.74, 6) is 0.617. The van der Waals surface area contributed by atoms with E-state index in [4.69, 9.17) is 4.74 Å². The van der Waals surface area contributed by atoms with Crippen molar-refractivity contribution in [2.24, 2.45) is 4.99 Å². The van der Waals surface area contributed by atoms with Crippen LogP contribution in [-0.2, 0) is 4.74 Å². The smallest absolute Gasteiger partial charge is 0.247 e. The molecule has 0 fully saturated rings. The maximum absolute atomic E-state index is 10.7. The minimum atomic E-state index is -0.114. The lowest BCUT2D eigenvalue weighted by atomic mass is 10.3. The summed E-state index contributed by atoms with van der Waals surface area (Å²) in [6.45, 7) is 1.34. The van der Waals surface area contributed by atoms with Gasteiger partial charge in [0, 0.05) is 12.3 Å². The van der Waals surface area contributed by atoms with Crippen molar-refractivity contribution < 1.29 is 4.74 Å². The third-order valence-electron chi connectivity index (χ3n) is 1.62. The Kier molecular flexibility index (Phi) is 1.66. The van der Waals surface area contributed by atoms with Gasteiger partial charge >= 0.3 is 0 Å². The van der Waals surface area contributed by atoms with Gasteiger partial charge in [-0.3, -0.25) is 4.79 Å². The molecule has 0 saturated carbocycles. The standard InChI is InChI=1S/C8H8N2O2/c11-7-2-1-6(5-10-7)8-9-3-4-12-8/h1-2,5H,3-4H2,(H,10,11). The molecule has 0 atom stereocenters. The van der Waals surface area contributed by atoms with Crippen LogP contribution in [-0.4, -0.2) is 24.0 Å². The Labute approximate surface area is 68.9 Å². The number of aromatic nitrogens is 1. The first kappa shape index (κ1) is 7.09. The maximum Gasteiger partial charge on any atom is 0.247 e. The Bertz CT molecular complexity index is 347. The van der Waals surface area contributed by atoms with E-state index in [2.05, 4.69) is 9.98 Å². The van der Waals surface area contributed by atoms with Gasteiger partial charge in [0.05, 0.1) is 12.1 Å². The summed E-state index contributed by atoms with van der Waals surface area (Å²) in [6, 6.07) is 3.16. The molecular formula is C8H8N2O2. The molecule has 12 heavy (non-hydrogen) atoms. The van der Waals surface area contributed by atoms with E-state index in [1.54, 1.807) is 12.3 Å². The molecule has 0 radical (unpaired) electrons. The average molecular weight is 164 g/mol. The van der Waals surface area contributed by atoms with Gasteiger partial charge in [0.2, 0.25) is 11.5 Å². The molecule has 1 aromatic heterocycles. The molecule has 1 aliphatic heterocycles. The second kappa shape index (κ2) is 2.81. The average Bonchev–Trinajstić information content (AvgIpc) is 2.58. The van der Waals surface area contributed by atoms with Crippen LogP contribution in [0.15, 0.2) is 28.1 Å². The Balaban J connectivity index is 2.34. The normalized spacial score (nSPS) is 15.5. The zero-order valence-electron chi connectivity index (χ0n) is 6.41. The SMILES string of the molecule is O=c1ccc(C2=NCCO2)c[nH]1. The van der Waals surface area contributed by atoms with E-state index < -0.39 is 0 Å². The zero-order valence-corrected chi connectivity index (χ0v) is 6.41. The van der Waals surface area contributed by atoms with E-state index in [-0.39, 0.29) is 5.56 Å². The van der Waals surface area contributed by atoms with Gasteiger partial charge in [0.15, 0.2) is 0 Å². The molecule has 1 aliphatic rings. The third kappa shape index (κ3) is 1.23. The van der Waals surface area contributed by atoms with Crippen LogP contribution in [0.2, 0.25) is 0 Å². The number of ether oxygens (including phenoxy) is 1. The van der Waals surface area contributed by atoms with Gasteiger partial charge < -0.3 is 9.72 Å². The number of nitrogens with one attached hydrogen (secondary N) is 1. The van der Waals surface area contributed by atoms with Gasteiger partial charge in [-0.1, -0.05) is 0 Å². The molecule has 0 spiro atoms. The molecule has 0 saturated heterocycles. The van der Waals surface area contributed by atoms with Crippen molar-refractivity contribution in [2.45, 2.75) is 0 Å². The van der Waals surface area contributed by atoms with Gasteiger partial charge in [-0.2, -0.15) is 0 Å². The van der Waals surface area contributed by atoms with E-state index in [1.165, 1.54) is 6.07 Å². The van der Waals surface area contributed by atoms with Crippen molar-refractivity contribution in [1.29, 1.82) is 0 Å². The van der Waals surface area contributed by atoms with Crippen LogP contribution in [0.5, 0.6) is 0 Å². The maximum atomic E-state index is 10.7. The molecule has 0 unspecified atom stereocenters. The number of H-pyrrole nitrogens is 1.